The van der Waals surface area contributed by atoms with Crippen LogP contribution in [0.5, 0.6) is 0 Å². The lowest BCUT2D eigenvalue weighted by molar-refractivity contribution is 0.444. The van der Waals surface area contributed by atoms with E-state index < -0.39 is 8.07 Å². The number of rotatable bonds is 8. The maximum absolute atomic E-state index is 2.59. The average Bonchev–Trinajstić information content (AvgIpc) is 3.89. The number of hydrogen-bond donors (Lipinski definition) is 0. The van der Waals surface area contributed by atoms with E-state index in [-0.39, 0.29) is 0 Å². The molecule has 0 N–H and O–H groups in total. The van der Waals surface area contributed by atoms with Crippen LogP contribution in [0, 0.1) is 0 Å². The largest absolute Gasteiger partial charge is 0.309 e. The molecule has 0 bridgehead atoms. The molecule has 9 aromatic carbocycles. The van der Waals surface area contributed by atoms with Gasteiger partial charge in [-0.15, -0.1) is 0 Å². The van der Waals surface area contributed by atoms with E-state index in [4.69, 9.17) is 0 Å². The maximum Gasteiger partial charge on any atom is 0.179 e. The number of nitrogens with zero attached hydrogens (tertiary/aromatic N) is 2. The van der Waals surface area contributed by atoms with Gasteiger partial charge in [0.25, 0.3) is 0 Å². The Morgan fingerprint density at radius 3 is 1.46 bits per heavy atom. The molecular formula is C60H48N2Si. The normalized spacial score (nSPS) is 13.7. The first-order valence-electron chi connectivity index (χ1n) is 22.7. The Bertz CT molecular complexity index is 3300. The van der Waals surface area contributed by atoms with Crippen LogP contribution in [0.3, 0.4) is 0 Å². The van der Waals surface area contributed by atoms with E-state index in [1.807, 2.05) is 0 Å². The standard InChI is InChI=1S/C60H48N2Si/c1-5-18-43(19-6-1)46-36-41-53-52-26-13-15-28-55(52)62(59(53)42-46)58-31-17-30-57-60(58)54-27-14-16-29-56(54)61(57)47-37-32-44(33-38-47)45-34-39-51(40-35-45)63(48-20-7-2-8-21-48,49-22-9-3-10-23-49)50-24-11-4-12-25-50/h2-4,7-17,20-43H,1,5-6,18-19H2. The Kier molecular flexibility index (Phi) is 9.30. The zero-order valence-corrected chi connectivity index (χ0v) is 36.4. The predicted molar refractivity (Wildman–Crippen MR) is 270 cm³/mol. The fourth-order valence-corrected chi connectivity index (χ4v) is 15.9. The van der Waals surface area contributed by atoms with Crippen LogP contribution in [0.1, 0.15) is 43.6 Å². The zero-order chi connectivity index (χ0) is 41.7. The second-order valence-corrected chi connectivity index (χ2v) is 21.3. The smallest absolute Gasteiger partial charge is 0.179 e. The lowest BCUT2D eigenvalue weighted by atomic mass is 9.84. The molecule has 0 spiro atoms. The van der Waals surface area contributed by atoms with Crippen LogP contribution in [0.2, 0.25) is 0 Å². The highest BCUT2D eigenvalue weighted by Crippen LogP contribution is 2.42. The van der Waals surface area contributed by atoms with Crippen molar-refractivity contribution in [3.8, 4) is 22.5 Å². The van der Waals surface area contributed by atoms with Gasteiger partial charge in [0, 0.05) is 27.2 Å². The van der Waals surface area contributed by atoms with Crippen molar-refractivity contribution in [3.05, 3.63) is 230 Å². The Morgan fingerprint density at radius 2 is 0.841 bits per heavy atom. The average molecular weight is 825 g/mol. The van der Waals surface area contributed by atoms with Gasteiger partial charge in [-0.2, -0.15) is 0 Å². The summed E-state index contributed by atoms with van der Waals surface area (Å²) in [6.07, 6.45) is 6.61. The van der Waals surface area contributed by atoms with Gasteiger partial charge < -0.3 is 9.13 Å². The molecular weight excluding hydrogens is 777 g/mol. The summed E-state index contributed by atoms with van der Waals surface area (Å²) in [4.78, 5) is 0. The van der Waals surface area contributed by atoms with Crippen LogP contribution < -0.4 is 20.7 Å². The van der Waals surface area contributed by atoms with Gasteiger partial charge in [-0.25, -0.2) is 0 Å². The molecule has 302 valence electrons. The molecule has 1 aliphatic carbocycles. The van der Waals surface area contributed by atoms with E-state index in [0.717, 1.165) is 5.69 Å². The molecule has 0 unspecified atom stereocenters. The number of para-hydroxylation sites is 2. The highest BCUT2D eigenvalue weighted by Gasteiger charge is 2.41. The lowest BCUT2D eigenvalue weighted by Gasteiger charge is -2.34. The van der Waals surface area contributed by atoms with Crippen molar-refractivity contribution in [1.29, 1.82) is 0 Å². The quantitative estimate of drug-likeness (QED) is 0.107. The van der Waals surface area contributed by atoms with E-state index in [9.17, 15) is 0 Å². The molecule has 0 atom stereocenters. The van der Waals surface area contributed by atoms with Gasteiger partial charge in [-0.1, -0.05) is 201 Å². The van der Waals surface area contributed by atoms with Crippen molar-refractivity contribution < 1.29 is 0 Å². The Labute approximate surface area is 370 Å². The fraction of sp³-hybridized carbons (Fsp3) is 0.100. The van der Waals surface area contributed by atoms with Crippen LogP contribution in [0.4, 0.5) is 0 Å². The Hall–Kier alpha value is -7.20. The summed E-state index contributed by atoms with van der Waals surface area (Å²) in [5, 5.41) is 10.7. The summed E-state index contributed by atoms with van der Waals surface area (Å²) in [5.74, 6) is 0.640. The molecule has 0 radical (unpaired) electrons. The number of aromatic nitrogens is 2. The number of benzene rings is 9. The molecule has 2 heterocycles. The molecule has 1 saturated carbocycles. The van der Waals surface area contributed by atoms with Crippen LogP contribution in [0.25, 0.3) is 66.1 Å². The molecule has 2 aromatic heterocycles. The van der Waals surface area contributed by atoms with Gasteiger partial charge in [-0.05, 0) is 98.7 Å². The van der Waals surface area contributed by atoms with E-state index >= 15 is 0 Å². The van der Waals surface area contributed by atoms with Gasteiger partial charge in [0.2, 0.25) is 0 Å². The third kappa shape index (κ3) is 6.13. The predicted octanol–water partition coefficient (Wildman–Crippen LogP) is 13.0. The zero-order valence-electron chi connectivity index (χ0n) is 35.4. The lowest BCUT2D eigenvalue weighted by Crippen LogP contribution is -2.74. The molecule has 12 rings (SSSR count). The third-order valence-corrected chi connectivity index (χ3v) is 18.9. The summed E-state index contributed by atoms with van der Waals surface area (Å²) in [6, 6.07) is 84.2. The molecule has 0 saturated heterocycles. The third-order valence-electron chi connectivity index (χ3n) is 14.1. The molecule has 2 nitrogen and oxygen atoms in total. The molecule has 0 amide bonds. The van der Waals surface area contributed by atoms with E-state index in [0.29, 0.717) is 5.92 Å². The number of fused-ring (bicyclic) bond motifs is 6. The van der Waals surface area contributed by atoms with Crippen LogP contribution in [-0.2, 0) is 0 Å². The SMILES string of the molecule is c1ccc([Si](c2ccccc2)(c2ccccc2)c2ccc(-c3ccc(-n4c5ccccc5c5c(-n6c7ccccc7c7ccc(C8CCCCC8)cc76)cccc54)cc3)cc2)cc1. The first kappa shape index (κ1) is 37.5. The second-order valence-electron chi connectivity index (χ2n) is 17.5. The second kappa shape index (κ2) is 15.6. The summed E-state index contributed by atoms with van der Waals surface area (Å²) >= 11 is 0. The minimum atomic E-state index is -2.59. The molecule has 1 aliphatic rings. The van der Waals surface area contributed by atoms with Crippen molar-refractivity contribution in [2.45, 2.75) is 38.0 Å². The van der Waals surface area contributed by atoms with Gasteiger partial charge in [0.05, 0.1) is 27.8 Å². The number of hydrogen-bond acceptors (Lipinski definition) is 0. The van der Waals surface area contributed by atoms with Crippen LogP contribution >= 0.6 is 0 Å². The highest BCUT2D eigenvalue weighted by molar-refractivity contribution is 7.19. The molecule has 11 aromatic rings. The van der Waals surface area contributed by atoms with Gasteiger partial charge >= 0.3 is 0 Å². The minimum Gasteiger partial charge on any atom is -0.309 e. The van der Waals surface area contributed by atoms with Crippen molar-refractivity contribution in [3.63, 3.8) is 0 Å². The minimum absolute atomic E-state index is 0.640. The van der Waals surface area contributed by atoms with Gasteiger partial charge in [-0.3, -0.25) is 0 Å². The maximum atomic E-state index is 2.55. The van der Waals surface area contributed by atoms with Gasteiger partial charge in [0.1, 0.15) is 0 Å². The monoisotopic (exact) mass is 824 g/mol. The van der Waals surface area contributed by atoms with Crippen molar-refractivity contribution in [1.82, 2.24) is 9.13 Å². The topological polar surface area (TPSA) is 9.86 Å². The Morgan fingerprint density at radius 1 is 0.349 bits per heavy atom. The fourth-order valence-electron chi connectivity index (χ4n) is 11.2. The molecule has 3 heteroatoms. The van der Waals surface area contributed by atoms with Crippen molar-refractivity contribution in [2.24, 2.45) is 0 Å². The van der Waals surface area contributed by atoms with Crippen LogP contribution in [0.15, 0.2) is 224 Å². The molecule has 63 heavy (non-hydrogen) atoms. The molecule has 1 fully saturated rings. The first-order chi connectivity index (χ1) is 31.3. The highest BCUT2D eigenvalue weighted by atomic mass is 28.3. The van der Waals surface area contributed by atoms with Crippen LogP contribution in [-0.4, -0.2) is 17.2 Å². The van der Waals surface area contributed by atoms with Crippen molar-refractivity contribution >= 4 is 72.4 Å². The summed E-state index contributed by atoms with van der Waals surface area (Å²) < 4.78 is 5.01. The summed E-state index contributed by atoms with van der Waals surface area (Å²) in [5.41, 5.74) is 11.3. The van der Waals surface area contributed by atoms with E-state index in [1.54, 1.807) is 0 Å². The van der Waals surface area contributed by atoms with E-state index in [1.165, 1.54) is 119 Å². The molecule has 0 aliphatic heterocycles. The van der Waals surface area contributed by atoms with Crippen molar-refractivity contribution in [2.75, 3.05) is 0 Å². The van der Waals surface area contributed by atoms with E-state index in [2.05, 4.69) is 234 Å². The first-order valence-corrected chi connectivity index (χ1v) is 24.7. The Balaban J connectivity index is 0.968. The van der Waals surface area contributed by atoms with Gasteiger partial charge in [0.15, 0.2) is 8.07 Å². The summed E-state index contributed by atoms with van der Waals surface area (Å²) in [6.45, 7) is 0. The summed E-state index contributed by atoms with van der Waals surface area (Å²) in [7, 11) is -2.59.